The highest BCUT2D eigenvalue weighted by Gasteiger charge is 2.20. The lowest BCUT2D eigenvalue weighted by atomic mass is 9.90. The summed E-state index contributed by atoms with van der Waals surface area (Å²) in [5.41, 5.74) is 4.23. The molecule has 0 aliphatic heterocycles. The molecule has 2 aromatic rings. The van der Waals surface area contributed by atoms with E-state index in [9.17, 15) is 9.59 Å². The van der Waals surface area contributed by atoms with Gasteiger partial charge in [0, 0.05) is 6.54 Å². The van der Waals surface area contributed by atoms with Crippen LogP contribution in [0, 0.1) is 0 Å². The predicted octanol–water partition coefficient (Wildman–Crippen LogP) is 3.47. The van der Waals surface area contributed by atoms with Gasteiger partial charge in [-0.3, -0.25) is 4.79 Å². The highest BCUT2D eigenvalue weighted by Crippen LogP contribution is 2.22. The van der Waals surface area contributed by atoms with Gasteiger partial charge in [-0.2, -0.15) is 0 Å². The zero-order chi connectivity index (χ0) is 18.4. The molecule has 0 spiro atoms. The van der Waals surface area contributed by atoms with E-state index >= 15 is 0 Å². The third-order valence-electron chi connectivity index (χ3n) is 4.79. The Balaban J connectivity index is 1.49. The first-order valence-electron chi connectivity index (χ1n) is 9.28. The lowest BCUT2D eigenvalue weighted by Gasteiger charge is -2.17. The largest absolute Gasteiger partial charge is 0.449 e. The molecule has 1 aliphatic rings. The zero-order valence-corrected chi connectivity index (χ0v) is 15.2. The summed E-state index contributed by atoms with van der Waals surface area (Å²) in [6.45, 7) is 2.12. The molecule has 0 saturated carbocycles. The van der Waals surface area contributed by atoms with Crippen LogP contribution in [0.1, 0.15) is 46.8 Å². The first-order chi connectivity index (χ1) is 12.6. The van der Waals surface area contributed by atoms with Gasteiger partial charge in [-0.1, -0.05) is 36.4 Å². The van der Waals surface area contributed by atoms with E-state index in [0.717, 1.165) is 31.2 Å². The molecule has 0 fully saturated rings. The van der Waals surface area contributed by atoms with Crippen molar-refractivity contribution >= 4 is 11.9 Å². The molecule has 0 aromatic heterocycles. The zero-order valence-electron chi connectivity index (χ0n) is 15.2. The van der Waals surface area contributed by atoms with Gasteiger partial charge in [0.15, 0.2) is 6.10 Å². The highest BCUT2D eigenvalue weighted by atomic mass is 16.5. The van der Waals surface area contributed by atoms with Gasteiger partial charge in [-0.05, 0) is 67.9 Å². The molecular weight excluding hydrogens is 326 g/mol. The van der Waals surface area contributed by atoms with Gasteiger partial charge in [0.25, 0.3) is 5.91 Å². The number of carbonyl (C=O) groups is 2. The Bertz CT molecular complexity index is 770. The summed E-state index contributed by atoms with van der Waals surface area (Å²) in [6, 6.07) is 15.7. The van der Waals surface area contributed by atoms with Crippen molar-refractivity contribution in [1.82, 2.24) is 5.32 Å². The second kappa shape index (κ2) is 8.65. The normalized spacial score (nSPS) is 14.2. The Labute approximate surface area is 154 Å². The third kappa shape index (κ3) is 4.72. The van der Waals surface area contributed by atoms with Crippen molar-refractivity contribution in [2.75, 3.05) is 6.54 Å². The number of hydrogen-bond donors (Lipinski definition) is 1. The van der Waals surface area contributed by atoms with Crippen LogP contribution in [0.2, 0.25) is 0 Å². The minimum Gasteiger partial charge on any atom is -0.449 e. The Morgan fingerprint density at radius 2 is 1.77 bits per heavy atom. The van der Waals surface area contributed by atoms with Crippen molar-refractivity contribution < 1.29 is 14.3 Å². The summed E-state index contributed by atoms with van der Waals surface area (Å²) in [5.74, 6) is -0.712. The minimum atomic E-state index is -0.811. The van der Waals surface area contributed by atoms with E-state index in [-0.39, 0.29) is 5.91 Å². The molecule has 136 valence electrons. The van der Waals surface area contributed by atoms with E-state index in [4.69, 9.17) is 4.74 Å². The standard InChI is InChI=1S/C22H25NO3/c1-16(21(24)23-14-13-17-7-3-2-4-8-17)26-22(25)20-12-11-18-9-5-6-10-19(18)15-20/h2-4,7-8,11-12,15-16H,5-6,9-10,13-14H2,1H3,(H,23,24)/t16-/m0/s1. The fourth-order valence-electron chi connectivity index (χ4n) is 3.26. The molecule has 0 unspecified atom stereocenters. The molecule has 1 amide bonds. The summed E-state index contributed by atoms with van der Waals surface area (Å²) >= 11 is 0. The second-order valence-corrected chi connectivity index (χ2v) is 6.76. The van der Waals surface area contributed by atoms with Gasteiger partial charge < -0.3 is 10.1 Å². The van der Waals surface area contributed by atoms with Crippen molar-refractivity contribution in [3.05, 3.63) is 70.8 Å². The average Bonchev–Trinajstić information content (AvgIpc) is 2.68. The van der Waals surface area contributed by atoms with Crippen molar-refractivity contribution in [2.24, 2.45) is 0 Å². The summed E-state index contributed by atoms with van der Waals surface area (Å²) in [6.07, 6.45) is 4.38. The second-order valence-electron chi connectivity index (χ2n) is 6.76. The number of rotatable bonds is 6. The van der Waals surface area contributed by atoms with Gasteiger partial charge in [0.2, 0.25) is 0 Å². The topological polar surface area (TPSA) is 55.4 Å². The highest BCUT2D eigenvalue weighted by molar-refractivity contribution is 5.92. The molecule has 2 aromatic carbocycles. The SMILES string of the molecule is C[C@H](OC(=O)c1ccc2c(c1)CCCC2)C(=O)NCCc1ccccc1. The summed E-state index contributed by atoms with van der Waals surface area (Å²) in [5, 5.41) is 2.82. The molecule has 1 atom stereocenters. The average molecular weight is 351 g/mol. The van der Waals surface area contributed by atoms with Crippen LogP contribution in [-0.2, 0) is 28.8 Å². The van der Waals surface area contributed by atoms with Gasteiger partial charge in [-0.25, -0.2) is 4.79 Å². The Morgan fingerprint density at radius 3 is 2.54 bits per heavy atom. The number of benzene rings is 2. The summed E-state index contributed by atoms with van der Waals surface area (Å²) in [7, 11) is 0. The van der Waals surface area contributed by atoms with E-state index < -0.39 is 12.1 Å². The molecule has 3 rings (SSSR count). The number of nitrogens with one attached hydrogen (secondary N) is 1. The van der Waals surface area contributed by atoms with Crippen LogP contribution in [0.3, 0.4) is 0 Å². The quantitative estimate of drug-likeness (QED) is 0.811. The van der Waals surface area contributed by atoms with E-state index in [2.05, 4.69) is 5.32 Å². The smallest absolute Gasteiger partial charge is 0.338 e. The first-order valence-corrected chi connectivity index (χ1v) is 9.28. The van der Waals surface area contributed by atoms with Crippen molar-refractivity contribution in [3.63, 3.8) is 0 Å². The number of amides is 1. The monoisotopic (exact) mass is 351 g/mol. The third-order valence-corrected chi connectivity index (χ3v) is 4.79. The molecule has 4 heteroatoms. The van der Waals surface area contributed by atoms with Crippen LogP contribution in [0.15, 0.2) is 48.5 Å². The molecule has 0 heterocycles. The van der Waals surface area contributed by atoms with Gasteiger partial charge >= 0.3 is 5.97 Å². The van der Waals surface area contributed by atoms with Crippen LogP contribution in [0.5, 0.6) is 0 Å². The lowest BCUT2D eigenvalue weighted by Crippen LogP contribution is -2.36. The predicted molar refractivity (Wildman–Crippen MR) is 101 cm³/mol. The molecular formula is C22H25NO3. The van der Waals surface area contributed by atoms with Gasteiger partial charge in [0.1, 0.15) is 0 Å². The van der Waals surface area contributed by atoms with Gasteiger partial charge in [0.05, 0.1) is 5.56 Å². The number of ether oxygens (including phenoxy) is 1. The summed E-state index contributed by atoms with van der Waals surface area (Å²) in [4.78, 5) is 24.5. The first kappa shape index (κ1) is 18.2. The maximum atomic E-state index is 12.3. The number of hydrogen-bond acceptors (Lipinski definition) is 3. The Hall–Kier alpha value is -2.62. The molecule has 0 radical (unpaired) electrons. The number of carbonyl (C=O) groups excluding carboxylic acids is 2. The van der Waals surface area contributed by atoms with E-state index in [1.54, 1.807) is 13.0 Å². The van der Waals surface area contributed by atoms with E-state index in [1.165, 1.54) is 17.5 Å². The molecule has 0 bridgehead atoms. The van der Waals surface area contributed by atoms with Crippen LogP contribution in [0.25, 0.3) is 0 Å². The summed E-state index contributed by atoms with van der Waals surface area (Å²) < 4.78 is 5.34. The number of fused-ring (bicyclic) bond motifs is 1. The minimum absolute atomic E-state index is 0.271. The fraction of sp³-hybridized carbons (Fsp3) is 0.364. The fourth-order valence-corrected chi connectivity index (χ4v) is 3.26. The Kier molecular flexibility index (Phi) is 6.05. The van der Waals surface area contributed by atoms with Crippen molar-refractivity contribution in [2.45, 2.75) is 45.1 Å². The molecule has 4 nitrogen and oxygen atoms in total. The molecule has 0 saturated heterocycles. The van der Waals surface area contributed by atoms with Gasteiger partial charge in [-0.15, -0.1) is 0 Å². The van der Waals surface area contributed by atoms with Crippen LogP contribution in [0.4, 0.5) is 0 Å². The van der Waals surface area contributed by atoms with Crippen LogP contribution >= 0.6 is 0 Å². The maximum Gasteiger partial charge on any atom is 0.338 e. The molecule has 26 heavy (non-hydrogen) atoms. The van der Waals surface area contributed by atoms with E-state index in [0.29, 0.717) is 12.1 Å². The van der Waals surface area contributed by atoms with Crippen LogP contribution in [-0.4, -0.2) is 24.5 Å². The number of esters is 1. The van der Waals surface area contributed by atoms with Crippen LogP contribution < -0.4 is 5.32 Å². The maximum absolute atomic E-state index is 12.3. The Morgan fingerprint density at radius 1 is 1.04 bits per heavy atom. The van der Waals surface area contributed by atoms with E-state index in [1.807, 2.05) is 42.5 Å². The van der Waals surface area contributed by atoms with Crippen molar-refractivity contribution in [1.29, 1.82) is 0 Å². The lowest BCUT2D eigenvalue weighted by molar-refractivity contribution is -0.129. The molecule has 1 N–H and O–H groups in total. The van der Waals surface area contributed by atoms with Crippen molar-refractivity contribution in [3.8, 4) is 0 Å². The number of aryl methyl sites for hydroxylation is 2. The molecule has 1 aliphatic carbocycles.